The highest BCUT2D eigenvalue weighted by Gasteiger charge is 2.41. The molecule has 1 amide bonds. The average Bonchev–Trinajstić information content (AvgIpc) is 3.08. The predicted octanol–water partition coefficient (Wildman–Crippen LogP) is 2.06. The Hall–Kier alpha value is -0.570. The van der Waals surface area contributed by atoms with Gasteiger partial charge in [0.2, 0.25) is 5.91 Å². The van der Waals surface area contributed by atoms with Gasteiger partial charge in [-0.25, -0.2) is 0 Å². The van der Waals surface area contributed by atoms with Crippen molar-refractivity contribution in [3.05, 3.63) is 0 Å². The van der Waals surface area contributed by atoms with Crippen molar-refractivity contribution in [2.24, 2.45) is 17.1 Å². The monoisotopic (exact) mass is 226 g/mol. The van der Waals surface area contributed by atoms with Gasteiger partial charge in [-0.05, 0) is 37.6 Å². The van der Waals surface area contributed by atoms with Crippen molar-refractivity contribution < 1.29 is 4.79 Å². The fourth-order valence-electron chi connectivity index (χ4n) is 2.02. The van der Waals surface area contributed by atoms with Crippen LogP contribution < -0.4 is 11.1 Å². The maximum Gasteiger partial charge on any atom is 0.223 e. The Morgan fingerprint density at radius 1 is 1.44 bits per heavy atom. The van der Waals surface area contributed by atoms with E-state index in [1.54, 1.807) is 0 Å². The summed E-state index contributed by atoms with van der Waals surface area (Å²) in [6.07, 6.45) is 6.63. The number of hydrogen-bond acceptors (Lipinski definition) is 2. The molecule has 0 spiro atoms. The Labute approximate surface area is 99.2 Å². The van der Waals surface area contributed by atoms with E-state index >= 15 is 0 Å². The van der Waals surface area contributed by atoms with Gasteiger partial charge in [0.15, 0.2) is 0 Å². The maximum atomic E-state index is 11.9. The molecular weight excluding hydrogens is 200 g/mol. The zero-order valence-electron chi connectivity index (χ0n) is 10.7. The summed E-state index contributed by atoms with van der Waals surface area (Å²) < 4.78 is 0. The average molecular weight is 226 g/mol. The van der Waals surface area contributed by atoms with Crippen LogP contribution in [0.5, 0.6) is 0 Å². The van der Waals surface area contributed by atoms with Crippen molar-refractivity contribution in [1.82, 2.24) is 5.32 Å². The van der Waals surface area contributed by atoms with Crippen LogP contribution in [0.4, 0.5) is 0 Å². The molecular formula is C13H26N2O. The molecule has 0 radical (unpaired) electrons. The molecule has 3 heteroatoms. The zero-order chi connectivity index (χ0) is 12.0. The van der Waals surface area contributed by atoms with Gasteiger partial charge in [-0.2, -0.15) is 0 Å². The van der Waals surface area contributed by atoms with Crippen molar-refractivity contribution in [2.45, 2.75) is 52.4 Å². The van der Waals surface area contributed by atoms with Crippen molar-refractivity contribution in [1.29, 1.82) is 0 Å². The minimum Gasteiger partial charge on any atom is -0.355 e. The summed E-state index contributed by atoms with van der Waals surface area (Å²) in [6, 6.07) is 0. The lowest BCUT2D eigenvalue weighted by molar-refractivity contribution is -0.125. The molecule has 1 saturated carbocycles. The highest BCUT2D eigenvalue weighted by molar-refractivity contribution is 5.78. The molecule has 1 rings (SSSR count). The maximum absolute atomic E-state index is 11.9. The first-order valence-corrected chi connectivity index (χ1v) is 6.65. The highest BCUT2D eigenvalue weighted by atomic mass is 16.1. The van der Waals surface area contributed by atoms with E-state index < -0.39 is 0 Å². The van der Waals surface area contributed by atoms with Gasteiger partial charge in [0.25, 0.3) is 0 Å². The second-order valence-electron chi connectivity index (χ2n) is 5.17. The van der Waals surface area contributed by atoms with Crippen LogP contribution in [0, 0.1) is 11.3 Å². The van der Waals surface area contributed by atoms with E-state index in [-0.39, 0.29) is 17.2 Å². The molecule has 3 nitrogen and oxygen atoms in total. The van der Waals surface area contributed by atoms with Crippen LogP contribution in [0.15, 0.2) is 0 Å². The van der Waals surface area contributed by atoms with Gasteiger partial charge in [-0.1, -0.05) is 26.7 Å². The molecule has 1 atom stereocenters. The molecule has 16 heavy (non-hydrogen) atoms. The first-order valence-electron chi connectivity index (χ1n) is 6.65. The number of nitrogens with two attached hydrogens (primary N) is 1. The molecule has 0 aliphatic heterocycles. The number of amides is 1. The van der Waals surface area contributed by atoms with Crippen molar-refractivity contribution in [3.63, 3.8) is 0 Å². The van der Waals surface area contributed by atoms with Gasteiger partial charge in [0.1, 0.15) is 0 Å². The molecule has 1 aliphatic carbocycles. The second kappa shape index (κ2) is 6.24. The molecule has 0 saturated heterocycles. The normalized spacial score (nSPS) is 19.2. The standard InChI is InChI=1S/C13H26N2O/c1-3-5-6-11(4-2)12(16)15-10-13(9-14)7-8-13/h11H,3-10,14H2,1-2H3,(H,15,16). The van der Waals surface area contributed by atoms with E-state index in [1.807, 2.05) is 0 Å². The number of nitrogens with one attached hydrogen (secondary N) is 1. The Bertz CT molecular complexity index is 224. The SMILES string of the molecule is CCCCC(CC)C(=O)NCC1(CN)CC1. The molecule has 1 fully saturated rings. The summed E-state index contributed by atoms with van der Waals surface area (Å²) in [4.78, 5) is 11.9. The zero-order valence-corrected chi connectivity index (χ0v) is 10.7. The topological polar surface area (TPSA) is 55.1 Å². The van der Waals surface area contributed by atoms with Crippen LogP contribution in [0.25, 0.3) is 0 Å². The Balaban J connectivity index is 2.26. The van der Waals surface area contributed by atoms with Gasteiger partial charge in [-0.3, -0.25) is 4.79 Å². The van der Waals surface area contributed by atoms with Crippen molar-refractivity contribution in [3.8, 4) is 0 Å². The van der Waals surface area contributed by atoms with Crippen LogP contribution in [-0.4, -0.2) is 19.0 Å². The first kappa shape index (κ1) is 13.5. The number of rotatable bonds is 8. The van der Waals surface area contributed by atoms with Crippen LogP contribution in [-0.2, 0) is 4.79 Å². The fraction of sp³-hybridized carbons (Fsp3) is 0.923. The van der Waals surface area contributed by atoms with E-state index in [0.29, 0.717) is 6.54 Å². The Morgan fingerprint density at radius 3 is 2.56 bits per heavy atom. The molecule has 1 unspecified atom stereocenters. The van der Waals surface area contributed by atoms with E-state index in [4.69, 9.17) is 5.73 Å². The largest absolute Gasteiger partial charge is 0.355 e. The lowest BCUT2D eigenvalue weighted by Gasteiger charge is -2.18. The van der Waals surface area contributed by atoms with Gasteiger partial charge in [0, 0.05) is 12.5 Å². The molecule has 0 heterocycles. The van der Waals surface area contributed by atoms with Crippen LogP contribution in [0.3, 0.4) is 0 Å². The number of carbonyl (C=O) groups excluding carboxylic acids is 1. The third kappa shape index (κ3) is 3.78. The van der Waals surface area contributed by atoms with Crippen molar-refractivity contribution in [2.75, 3.05) is 13.1 Å². The van der Waals surface area contributed by atoms with E-state index in [0.717, 1.165) is 32.2 Å². The third-order valence-corrected chi connectivity index (χ3v) is 3.80. The van der Waals surface area contributed by atoms with Gasteiger partial charge < -0.3 is 11.1 Å². The quantitative estimate of drug-likeness (QED) is 0.665. The molecule has 0 aromatic heterocycles. The highest BCUT2D eigenvalue weighted by Crippen LogP contribution is 2.43. The molecule has 0 bridgehead atoms. The minimum atomic E-state index is 0.202. The summed E-state index contributed by atoms with van der Waals surface area (Å²) in [5, 5.41) is 3.08. The smallest absolute Gasteiger partial charge is 0.223 e. The number of unbranched alkanes of at least 4 members (excludes halogenated alkanes) is 1. The van der Waals surface area contributed by atoms with E-state index in [1.165, 1.54) is 12.8 Å². The van der Waals surface area contributed by atoms with Crippen LogP contribution in [0.1, 0.15) is 52.4 Å². The van der Waals surface area contributed by atoms with Gasteiger partial charge >= 0.3 is 0 Å². The van der Waals surface area contributed by atoms with E-state index in [2.05, 4.69) is 19.2 Å². The van der Waals surface area contributed by atoms with Gasteiger partial charge in [0.05, 0.1) is 0 Å². The molecule has 3 N–H and O–H groups in total. The van der Waals surface area contributed by atoms with Crippen LogP contribution >= 0.6 is 0 Å². The van der Waals surface area contributed by atoms with Gasteiger partial charge in [-0.15, -0.1) is 0 Å². The van der Waals surface area contributed by atoms with Crippen molar-refractivity contribution >= 4 is 5.91 Å². The van der Waals surface area contributed by atoms with Crippen LogP contribution in [0.2, 0.25) is 0 Å². The third-order valence-electron chi connectivity index (χ3n) is 3.80. The van der Waals surface area contributed by atoms with E-state index in [9.17, 15) is 4.79 Å². The summed E-state index contributed by atoms with van der Waals surface area (Å²) in [6.45, 7) is 5.75. The molecule has 0 aromatic carbocycles. The summed E-state index contributed by atoms with van der Waals surface area (Å²) in [5.41, 5.74) is 5.94. The Kier molecular flexibility index (Phi) is 5.26. The summed E-state index contributed by atoms with van der Waals surface area (Å²) in [7, 11) is 0. The first-order chi connectivity index (χ1) is 7.67. The number of hydrogen-bond donors (Lipinski definition) is 2. The second-order valence-corrected chi connectivity index (χ2v) is 5.17. The number of carbonyl (C=O) groups is 1. The summed E-state index contributed by atoms with van der Waals surface area (Å²) >= 11 is 0. The Morgan fingerprint density at radius 2 is 2.12 bits per heavy atom. The molecule has 94 valence electrons. The fourth-order valence-corrected chi connectivity index (χ4v) is 2.02. The predicted molar refractivity (Wildman–Crippen MR) is 67.0 cm³/mol. The molecule has 1 aliphatic rings. The summed E-state index contributed by atoms with van der Waals surface area (Å²) in [5.74, 6) is 0.434. The molecule has 0 aromatic rings. The minimum absolute atomic E-state index is 0.202. The lowest BCUT2D eigenvalue weighted by atomic mass is 9.98. The lowest BCUT2D eigenvalue weighted by Crippen LogP contribution is -2.37.